The first-order valence-electron chi connectivity index (χ1n) is 8.33. The van der Waals surface area contributed by atoms with E-state index in [1.165, 1.54) is 18.2 Å². The fourth-order valence-electron chi connectivity index (χ4n) is 3.06. The molecule has 0 saturated heterocycles. The maximum absolute atomic E-state index is 13.2. The second kappa shape index (κ2) is 6.46. The molecule has 0 radical (unpaired) electrons. The number of fused-ring (bicyclic) bond motifs is 1. The lowest BCUT2D eigenvalue weighted by molar-refractivity contribution is -0.137. The summed E-state index contributed by atoms with van der Waals surface area (Å²) >= 11 is 0. The molecule has 3 aromatic carbocycles. The second-order valence-electron chi connectivity index (χ2n) is 6.27. The van der Waals surface area contributed by atoms with Gasteiger partial charge in [0.25, 0.3) is 0 Å². The van der Waals surface area contributed by atoms with Crippen molar-refractivity contribution in [1.82, 2.24) is 9.78 Å². The van der Waals surface area contributed by atoms with Gasteiger partial charge in [0.05, 0.1) is 17.6 Å². The number of phenols is 1. The van der Waals surface area contributed by atoms with Crippen LogP contribution < -0.4 is 0 Å². The first kappa shape index (κ1) is 17.1. The Morgan fingerprint density at radius 2 is 1.59 bits per heavy atom. The van der Waals surface area contributed by atoms with Crippen molar-refractivity contribution in [2.45, 2.75) is 12.7 Å². The summed E-state index contributed by atoms with van der Waals surface area (Å²) in [5, 5.41) is 14.5. The van der Waals surface area contributed by atoms with Gasteiger partial charge in [-0.25, -0.2) is 0 Å². The minimum Gasteiger partial charge on any atom is -0.508 e. The Morgan fingerprint density at radius 1 is 0.889 bits per heavy atom. The summed E-state index contributed by atoms with van der Waals surface area (Å²) in [4.78, 5) is 0. The molecule has 0 aliphatic carbocycles. The van der Waals surface area contributed by atoms with Crippen LogP contribution in [-0.2, 0) is 12.7 Å². The monoisotopic (exact) mass is 368 g/mol. The number of hydrogen-bond donors (Lipinski definition) is 1. The lowest BCUT2D eigenvalue weighted by atomic mass is 10.1. The van der Waals surface area contributed by atoms with Gasteiger partial charge in [-0.2, -0.15) is 18.3 Å². The third kappa shape index (κ3) is 3.38. The lowest BCUT2D eigenvalue weighted by Crippen LogP contribution is -2.05. The molecular weight excluding hydrogens is 353 g/mol. The van der Waals surface area contributed by atoms with Crippen LogP contribution in [0.4, 0.5) is 13.2 Å². The van der Waals surface area contributed by atoms with Crippen molar-refractivity contribution in [3.63, 3.8) is 0 Å². The standard InChI is InChI=1S/C21H15F3N2O/c22-21(23,24)16-8-11-19-18(12-16)20(15-6-9-17(27)10-7-15)25-26(19)13-14-4-2-1-3-5-14/h1-12,27H,13H2. The molecule has 0 saturated carbocycles. The summed E-state index contributed by atoms with van der Waals surface area (Å²) in [6.07, 6.45) is -4.43. The maximum atomic E-state index is 13.2. The number of benzene rings is 3. The molecule has 0 aliphatic heterocycles. The second-order valence-corrected chi connectivity index (χ2v) is 6.27. The van der Waals surface area contributed by atoms with Crippen LogP contribution in [0, 0.1) is 0 Å². The van der Waals surface area contributed by atoms with Gasteiger partial charge in [-0.15, -0.1) is 0 Å². The molecule has 0 spiro atoms. The van der Waals surface area contributed by atoms with Crippen molar-refractivity contribution < 1.29 is 18.3 Å². The van der Waals surface area contributed by atoms with Gasteiger partial charge >= 0.3 is 6.18 Å². The van der Waals surface area contributed by atoms with Crippen molar-refractivity contribution in [2.75, 3.05) is 0 Å². The van der Waals surface area contributed by atoms with Crippen LogP contribution >= 0.6 is 0 Å². The van der Waals surface area contributed by atoms with Crippen LogP contribution in [0.25, 0.3) is 22.2 Å². The number of halogens is 3. The highest BCUT2D eigenvalue weighted by atomic mass is 19.4. The van der Waals surface area contributed by atoms with E-state index in [0.717, 1.165) is 17.7 Å². The summed E-state index contributed by atoms with van der Waals surface area (Å²) in [6, 6.07) is 19.5. The zero-order chi connectivity index (χ0) is 19.0. The molecule has 0 fully saturated rings. The van der Waals surface area contributed by atoms with E-state index in [1.807, 2.05) is 30.3 Å². The molecule has 6 heteroatoms. The van der Waals surface area contributed by atoms with Crippen molar-refractivity contribution in [3.05, 3.63) is 83.9 Å². The van der Waals surface area contributed by atoms with Gasteiger partial charge < -0.3 is 5.11 Å². The molecule has 4 rings (SSSR count). The Balaban J connectivity index is 1.90. The van der Waals surface area contributed by atoms with Gasteiger partial charge in [0.15, 0.2) is 0 Å². The van der Waals surface area contributed by atoms with E-state index in [4.69, 9.17) is 0 Å². The zero-order valence-electron chi connectivity index (χ0n) is 14.1. The molecule has 0 unspecified atom stereocenters. The number of phenolic OH excluding ortho intramolecular Hbond substituents is 1. The SMILES string of the molecule is Oc1ccc(-c2nn(Cc3ccccc3)c3ccc(C(F)(F)F)cc23)cc1. The molecule has 27 heavy (non-hydrogen) atoms. The van der Waals surface area contributed by atoms with Crippen molar-refractivity contribution in [2.24, 2.45) is 0 Å². The predicted molar refractivity (Wildman–Crippen MR) is 97.4 cm³/mol. The van der Waals surface area contributed by atoms with Crippen LogP contribution in [0.1, 0.15) is 11.1 Å². The van der Waals surface area contributed by atoms with E-state index >= 15 is 0 Å². The van der Waals surface area contributed by atoms with Gasteiger partial charge in [-0.1, -0.05) is 30.3 Å². The summed E-state index contributed by atoms with van der Waals surface area (Å²) in [5.41, 5.74) is 2.00. The van der Waals surface area contributed by atoms with E-state index in [0.29, 0.717) is 28.7 Å². The zero-order valence-corrected chi connectivity index (χ0v) is 14.1. The van der Waals surface area contributed by atoms with E-state index < -0.39 is 11.7 Å². The number of aromatic nitrogens is 2. The fraction of sp³-hybridized carbons (Fsp3) is 0.0952. The normalized spacial score (nSPS) is 11.8. The van der Waals surface area contributed by atoms with Crippen molar-refractivity contribution in [3.8, 4) is 17.0 Å². The lowest BCUT2D eigenvalue weighted by Gasteiger charge is -2.07. The Kier molecular flexibility index (Phi) is 4.11. The van der Waals surface area contributed by atoms with Crippen molar-refractivity contribution in [1.29, 1.82) is 0 Å². The molecular formula is C21H15F3N2O. The molecule has 0 bridgehead atoms. The number of nitrogens with zero attached hydrogens (tertiary/aromatic N) is 2. The van der Waals surface area contributed by atoms with Gasteiger partial charge in [0, 0.05) is 10.9 Å². The third-order valence-corrected chi connectivity index (χ3v) is 4.39. The third-order valence-electron chi connectivity index (χ3n) is 4.39. The van der Waals surface area contributed by atoms with Crippen LogP contribution in [-0.4, -0.2) is 14.9 Å². The van der Waals surface area contributed by atoms with E-state index in [2.05, 4.69) is 5.10 Å². The van der Waals surface area contributed by atoms with Crippen LogP contribution in [0.15, 0.2) is 72.8 Å². The first-order chi connectivity index (χ1) is 12.9. The number of hydrogen-bond acceptors (Lipinski definition) is 2. The van der Waals surface area contributed by atoms with E-state index in [-0.39, 0.29) is 5.75 Å². The van der Waals surface area contributed by atoms with Crippen LogP contribution in [0.5, 0.6) is 5.75 Å². The molecule has 0 aliphatic rings. The van der Waals surface area contributed by atoms with Gasteiger partial charge in [-0.05, 0) is 48.0 Å². The van der Waals surface area contributed by atoms with Crippen LogP contribution in [0.2, 0.25) is 0 Å². The Hall–Kier alpha value is -3.28. The van der Waals surface area contributed by atoms with Gasteiger partial charge in [0.1, 0.15) is 11.4 Å². The van der Waals surface area contributed by atoms with E-state index in [9.17, 15) is 18.3 Å². The molecule has 136 valence electrons. The minimum absolute atomic E-state index is 0.0859. The predicted octanol–water partition coefficient (Wildman–Crippen LogP) is 5.48. The molecule has 3 nitrogen and oxygen atoms in total. The molecule has 1 aromatic heterocycles. The number of aromatic hydroxyl groups is 1. The molecule has 0 atom stereocenters. The summed E-state index contributed by atoms with van der Waals surface area (Å²) < 4.78 is 41.3. The summed E-state index contributed by atoms with van der Waals surface area (Å²) in [5.74, 6) is 0.0859. The quantitative estimate of drug-likeness (QED) is 0.520. The molecule has 1 N–H and O–H groups in total. The van der Waals surface area contributed by atoms with Gasteiger partial charge in [-0.3, -0.25) is 4.68 Å². The first-order valence-corrected chi connectivity index (χ1v) is 8.33. The Bertz CT molecular complexity index is 1080. The summed E-state index contributed by atoms with van der Waals surface area (Å²) in [6.45, 7) is 0.445. The molecule has 1 heterocycles. The fourth-order valence-corrected chi connectivity index (χ4v) is 3.06. The van der Waals surface area contributed by atoms with Crippen molar-refractivity contribution >= 4 is 10.9 Å². The maximum Gasteiger partial charge on any atom is 0.416 e. The molecule has 0 amide bonds. The number of alkyl halides is 3. The Morgan fingerprint density at radius 3 is 2.26 bits per heavy atom. The van der Waals surface area contributed by atoms with Gasteiger partial charge in [0.2, 0.25) is 0 Å². The minimum atomic E-state index is -4.43. The van der Waals surface area contributed by atoms with E-state index in [1.54, 1.807) is 16.8 Å². The average molecular weight is 368 g/mol. The largest absolute Gasteiger partial charge is 0.508 e. The average Bonchev–Trinajstić information content (AvgIpc) is 3.00. The smallest absolute Gasteiger partial charge is 0.416 e. The number of rotatable bonds is 3. The summed E-state index contributed by atoms with van der Waals surface area (Å²) in [7, 11) is 0. The Labute approximate surface area is 153 Å². The highest BCUT2D eigenvalue weighted by molar-refractivity contribution is 5.94. The highest BCUT2D eigenvalue weighted by Crippen LogP contribution is 2.35. The highest BCUT2D eigenvalue weighted by Gasteiger charge is 2.31. The topological polar surface area (TPSA) is 38.1 Å². The molecule has 4 aromatic rings. The van der Waals surface area contributed by atoms with Crippen LogP contribution in [0.3, 0.4) is 0 Å².